The molecule has 1 aliphatic heterocycles. The number of rotatable bonds is 3. The van der Waals surface area contributed by atoms with Crippen LogP contribution < -0.4 is 5.32 Å². The van der Waals surface area contributed by atoms with Gasteiger partial charge in [0.25, 0.3) is 5.91 Å². The maximum Gasteiger partial charge on any atom is 0.255 e. The van der Waals surface area contributed by atoms with Gasteiger partial charge in [-0.05, 0) is 59.7 Å². The summed E-state index contributed by atoms with van der Waals surface area (Å²) >= 11 is 2.27. The highest BCUT2D eigenvalue weighted by atomic mass is 127. The highest BCUT2D eigenvalue weighted by Gasteiger charge is 2.27. The predicted molar refractivity (Wildman–Crippen MR) is 98.3 cm³/mol. The lowest BCUT2D eigenvalue weighted by Gasteiger charge is -2.19. The summed E-state index contributed by atoms with van der Waals surface area (Å²) in [5, 5.41) is 3.51. The normalized spacial score (nSPS) is 17.5. The number of nitrogens with zero attached hydrogens (tertiary/aromatic N) is 1. The molecule has 1 atom stereocenters. The zero-order valence-corrected chi connectivity index (χ0v) is 14.7. The van der Waals surface area contributed by atoms with Crippen molar-refractivity contribution >= 4 is 34.2 Å². The molecule has 3 rings (SSSR count). The van der Waals surface area contributed by atoms with Crippen LogP contribution in [0.15, 0.2) is 48.5 Å². The first kappa shape index (κ1) is 15.3. The second-order valence-corrected chi connectivity index (χ2v) is 6.76. The molecule has 2 aromatic carbocycles. The third kappa shape index (κ3) is 3.27. The van der Waals surface area contributed by atoms with Crippen molar-refractivity contribution in [2.45, 2.75) is 19.4 Å². The summed E-state index contributed by atoms with van der Waals surface area (Å²) < 4.78 is 1.06. The molecule has 22 heavy (non-hydrogen) atoms. The molecule has 1 fully saturated rings. The van der Waals surface area contributed by atoms with Gasteiger partial charge in [0.05, 0.1) is 5.56 Å². The lowest BCUT2D eigenvalue weighted by atomic mass is 10.1. The summed E-state index contributed by atoms with van der Waals surface area (Å²) in [4.78, 5) is 14.7. The zero-order chi connectivity index (χ0) is 15.5. The topological polar surface area (TPSA) is 32.3 Å². The Bertz CT molecular complexity index is 672. The Kier molecular flexibility index (Phi) is 4.66. The van der Waals surface area contributed by atoms with E-state index in [1.165, 1.54) is 0 Å². The number of hydrogen-bond donors (Lipinski definition) is 1. The van der Waals surface area contributed by atoms with Crippen LogP contribution in [0.1, 0.15) is 22.3 Å². The SMILES string of the molecule is Cc1cccc(C(=O)N2CCC(Nc3ccccc3)C2)c1I. The molecule has 1 unspecified atom stereocenters. The molecule has 1 aliphatic rings. The van der Waals surface area contributed by atoms with Crippen LogP contribution in [-0.4, -0.2) is 29.9 Å². The second kappa shape index (κ2) is 6.69. The van der Waals surface area contributed by atoms with Crippen LogP contribution in [0.25, 0.3) is 0 Å². The van der Waals surface area contributed by atoms with Crippen molar-refractivity contribution in [2.75, 3.05) is 18.4 Å². The Labute approximate surface area is 144 Å². The number of para-hydroxylation sites is 1. The van der Waals surface area contributed by atoms with E-state index in [2.05, 4.69) is 40.0 Å². The highest BCUT2D eigenvalue weighted by molar-refractivity contribution is 14.1. The monoisotopic (exact) mass is 406 g/mol. The summed E-state index contributed by atoms with van der Waals surface area (Å²) in [6, 6.07) is 16.4. The van der Waals surface area contributed by atoms with Gasteiger partial charge in [-0.2, -0.15) is 0 Å². The van der Waals surface area contributed by atoms with Crippen LogP contribution in [0.3, 0.4) is 0 Å². The molecular weight excluding hydrogens is 387 g/mol. The van der Waals surface area contributed by atoms with Crippen molar-refractivity contribution in [1.82, 2.24) is 4.90 Å². The number of nitrogens with one attached hydrogen (secondary N) is 1. The van der Waals surface area contributed by atoms with Crippen LogP contribution in [0, 0.1) is 10.5 Å². The molecule has 2 aromatic rings. The minimum absolute atomic E-state index is 0.144. The fourth-order valence-corrected chi connectivity index (χ4v) is 3.41. The summed E-state index contributed by atoms with van der Waals surface area (Å²) in [7, 11) is 0. The molecule has 0 spiro atoms. The smallest absolute Gasteiger partial charge is 0.255 e. The van der Waals surface area contributed by atoms with E-state index < -0.39 is 0 Å². The first-order chi connectivity index (χ1) is 10.6. The molecule has 0 aliphatic carbocycles. The van der Waals surface area contributed by atoms with Crippen molar-refractivity contribution in [3.8, 4) is 0 Å². The largest absolute Gasteiger partial charge is 0.380 e. The Morgan fingerprint density at radius 3 is 2.73 bits per heavy atom. The Hall–Kier alpha value is -1.56. The number of anilines is 1. The van der Waals surface area contributed by atoms with Crippen LogP contribution >= 0.6 is 22.6 Å². The quantitative estimate of drug-likeness (QED) is 0.784. The van der Waals surface area contributed by atoms with Crippen molar-refractivity contribution in [3.05, 3.63) is 63.2 Å². The summed E-state index contributed by atoms with van der Waals surface area (Å²) in [5.41, 5.74) is 3.09. The molecule has 1 heterocycles. The van der Waals surface area contributed by atoms with Crippen LogP contribution in [0.4, 0.5) is 5.69 Å². The fraction of sp³-hybridized carbons (Fsp3) is 0.278. The average Bonchev–Trinajstić information content (AvgIpc) is 2.99. The molecule has 114 valence electrons. The summed E-state index contributed by atoms with van der Waals surface area (Å²) in [6.07, 6.45) is 0.989. The summed E-state index contributed by atoms with van der Waals surface area (Å²) in [5.74, 6) is 0.144. The molecule has 3 nitrogen and oxygen atoms in total. The third-order valence-corrected chi connectivity index (χ3v) is 5.47. The Morgan fingerprint density at radius 2 is 1.95 bits per heavy atom. The molecule has 1 amide bonds. The van der Waals surface area contributed by atoms with E-state index in [1.807, 2.05) is 48.2 Å². The second-order valence-electron chi connectivity index (χ2n) is 5.68. The number of amides is 1. The van der Waals surface area contributed by atoms with Crippen LogP contribution in [-0.2, 0) is 0 Å². The van der Waals surface area contributed by atoms with Gasteiger partial charge in [-0.3, -0.25) is 4.79 Å². The van der Waals surface area contributed by atoms with Gasteiger partial charge in [0.1, 0.15) is 0 Å². The average molecular weight is 406 g/mol. The number of halogens is 1. The third-order valence-electron chi connectivity index (χ3n) is 4.04. The Balaban J connectivity index is 1.67. The fourth-order valence-electron chi connectivity index (χ4n) is 2.82. The van der Waals surface area contributed by atoms with Crippen molar-refractivity contribution in [2.24, 2.45) is 0 Å². The molecule has 1 N–H and O–H groups in total. The minimum Gasteiger partial charge on any atom is -0.380 e. The van der Waals surface area contributed by atoms with Gasteiger partial charge in [-0.15, -0.1) is 0 Å². The number of aryl methyl sites for hydroxylation is 1. The molecule has 0 radical (unpaired) electrons. The molecule has 1 saturated heterocycles. The van der Waals surface area contributed by atoms with Gasteiger partial charge in [-0.1, -0.05) is 30.3 Å². The number of likely N-dealkylation sites (tertiary alicyclic amines) is 1. The van der Waals surface area contributed by atoms with Gasteiger partial charge in [0, 0.05) is 28.4 Å². The van der Waals surface area contributed by atoms with Crippen LogP contribution in [0.5, 0.6) is 0 Å². The molecule has 0 bridgehead atoms. The van der Waals surface area contributed by atoms with Crippen molar-refractivity contribution in [1.29, 1.82) is 0 Å². The molecule has 0 aromatic heterocycles. The molecule has 0 saturated carbocycles. The first-order valence-electron chi connectivity index (χ1n) is 7.51. The number of carbonyl (C=O) groups is 1. The van der Waals surface area contributed by atoms with E-state index in [-0.39, 0.29) is 5.91 Å². The molecule has 4 heteroatoms. The van der Waals surface area contributed by atoms with E-state index in [9.17, 15) is 4.79 Å². The lowest BCUT2D eigenvalue weighted by Crippen LogP contribution is -2.32. The van der Waals surface area contributed by atoms with E-state index in [0.29, 0.717) is 6.04 Å². The zero-order valence-electron chi connectivity index (χ0n) is 12.6. The van der Waals surface area contributed by atoms with Gasteiger partial charge in [0.15, 0.2) is 0 Å². The standard InChI is InChI=1S/C18H19IN2O/c1-13-6-5-9-16(17(13)19)18(22)21-11-10-15(12-21)20-14-7-3-2-4-8-14/h2-9,15,20H,10-12H2,1H3. The van der Waals surface area contributed by atoms with E-state index in [1.54, 1.807) is 0 Å². The first-order valence-corrected chi connectivity index (χ1v) is 8.59. The maximum atomic E-state index is 12.7. The highest BCUT2D eigenvalue weighted by Crippen LogP contribution is 2.22. The van der Waals surface area contributed by atoms with Crippen molar-refractivity contribution in [3.63, 3.8) is 0 Å². The van der Waals surface area contributed by atoms with Crippen molar-refractivity contribution < 1.29 is 4.79 Å². The predicted octanol–water partition coefficient (Wildman–Crippen LogP) is 3.93. The van der Waals surface area contributed by atoms with E-state index in [4.69, 9.17) is 0 Å². The van der Waals surface area contributed by atoms with Gasteiger partial charge < -0.3 is 10.2 Å². The van der Waals surface area contributed by atoms with E-state index >= 15 is 0 Å². The molecular formula is C18H19IN2O. The Morgan fingerprint density at radius 1 is 1.18 bits per heavy atom. The lowest BCUT2D eigenvalue weighted by molar-refractivity contribution is 0.0790. The van der Waals surface area contributed by atoms with Gasteiger partial charge in [-0.25, -0.2) is 0 Å². The summed E-state index contributed by atoms with van der Waals surface area (Å²) in [6.45, 7) is 3.62. The minimum atomic E-state index is 0.144. The number of benzene rings is 2. The van der Waals surface area contributed by atoms with E-state index in [0.717, 1.165) is 39.9 Å². The van der Waals surface area contributed by atoms with Crippen LogP contribution in [0.2, 0.25) is 0 Å². The van der Waals surface area contributed by atoms with Gasteiger partial charge >= 0.3 is 0 Å². The number of hydrogen-bond acceptors (Lipinski definition) is 2. The van der Waals surface area contributed by atoms with Gasteiger partial charge in [0.2, 0.25) is 0 Å². The number of carbonyl (C=O) groups excluding carboxylic acids is 1. The maximum absolute atomic E-state index is 12.7.